The number of rotatable bonds is 10. The lowest BCUT2D eigenvalue weighted by Gasteiger charge is -2.40. The zero-order valence-electron chi connectivity index (χ0n) is 25.8. The fourth-order valence-corrected chi connectivity index (χ4v) is 6.59. The average molecular weight is 626 g/mol. The summed E-state index contributed by atoms with van der Waals surface area (Å²) in [6, 6.07) is 11.9. The van der Waals surface area contributed by atoms with Crippen LogP contribution in [0.2, 0.25) is 0 Å². The van der Waals surface area contributed by atoms with Gasteiger partial charge in [0.2, 0.25) is 5.88 Å². The van der Waals surface area contributed by atoms with Crippen LogP contribution in [-0.4, -0.2) is 49.6 Å². The van der Waals surface area contributed by atoms with E-state index in [1.54, 1.807) is 31.2 Å². The van der Waals surface area contributed by atoms with Crippen molar-refractivity contribution in [1.82, 2.24) is 19.9 Å². The molecule has 10 nitrogen and oxygen atoms in total. The van der Waals surface area contributed by atoms with Crippen molar-refractivity contribution in [3.05, 3.63) is 77.2 Å². The predicted octanol–water partition coefficient (Wildman–Crippen LogP) is 6.22. The minimum absolute atomic E-state index is 0.188. The molecule has 2 amide bonds. The molecule has 0 aliphatic heterocycles. The van der Waals surface area contributed by atoms with Gasteiger partial charge in [-0.2, -0.15) is 4.98 Å². The number of anilines is 1. The molecule has 1 aromatic carbocycles. The number of hydrogen-bond donors (Lipinski definition) is 3. The van der Waals surface area contributed by atoms with Crippen LogP contribution in [0.25, 0.3) is 28.4 Å². The Labute approximate surface area is 265 Å². The number of carbonyl (C=O) groups is 3. The highest BCUT2D eigenvalue weighted by molar-refractivity contribution is 6.06. The van der Waals surface area contributed by atoms with Gasteiger partial charge in [0, 0.05) is 35.2 Å². The second kappa shape index (κ2) is 12.7. The molecular weight excluding hydrogens is 589 g/mol. The molecule has 0 atom stereocenters. The number of nitrogens with zero attached hydrogens (tertiary/aromatic N) is 3. The number of aromatic nitrogens is 3. The number of aliphatic carboxylic acids is 1. The Balaban J connectivity index is 1.26. The van der Waals surface area contributed by atoms with Gasteiger partial charge in [0.1, 0.15) is 17.2 Å². The lowest BCUT2D eigenvalue weighted by Crippen LogP contribution is -2.61. The standard InChI is InChI=1S/C35H36FN5O5/c1-3-46-33-22(11-16-29(42)43)10-15-28(38-33)39-34(45)35(17-6-18-35)40-32(44)23-9-13-25-27(19-23)41(2)31(26-14-12-24(36)20-37-26)30(25)21-7-4-5-8-21/h9-16,19-21H,3-8,17-18H2,1-2H3,(H,40,44)(H,42,43)(H,38,39,45)/b16-11+. The molecule has 2 aliphatic carbocycles. The first-order chi connectivity index (χ1) is 22.2. The number of nitrogens with one attached hydrogen (secondary N) is 2. The third-order valence-electron chi connectivity index (χ3n) is 9.05. The Bertz CT molecular complexity index is 1840. The van der Waals surface area contributed by atoms with Crippen molar-refractivity contribution in [3.8, 4) is 17.3 Å². The number of pyridine rings is 2. The number of aryl methyl sites for hydroxylation is 1. The van der Waals surface area contributed by atoms with E-state index in [2.05, 4.69) is 20.6 Å². The Morgan fingerprint density at radius 1 is 1.11 bits per heavy atom. The van der Waals surface area contributed by atoms with E-state index in [9.17, 15) is 18.8 Å². The Morgan fingerprint density at radius 2 is 1.89 bits per heavy atom. The summed E-state index contributed by atoms with van der Waals surface area (Å²) in [5.41, 5.74) is 3.44. The van der Waals surface area contributed by atoms with Crippen molar-refractivity contribution >= 4 is 40.6 Å². The minimum atomic E-state index is -1.10. The molecule has 2 aliphatic rings. The van der Waals surface area contributed by atoms with Crippen LogP contribution in [-0.2, 0) is 16.6 Å². The van der Waals surface area contributed by atoms with E-state index in [0.717, 1.165) is 54.8 Å². The van der Waals surface area contributed by atoms with E-state index in [1.165, 1.54) is 23.9 Å². The van der Waals surface area contributed by atoms with Crippen molar-refractivity contribution < 1.29 is 28.6 Å². The van der Waals surface area contributed by atoms with Gasteiger partial charge in [0.15, 0.2) is 0 Å². The fourth-order valence-electron chi connectivity index (χ4n) is 6.59. The molecule has 0 spiro atoms. The molecule has 11 heteroatoms. The first-order valence-corrected chi connectivity index (χ1v) is 15.6. The van der Waals surface area contributed by atoms with Crippen molar-refractivity contribution in [2.45, 2.75) is 63.3 Å². The van der Waals surface area contributed by atoms with Gasteiger partial charge in [-0.3, -0.25) is 14.6 Å². The molecule has 3 aromatic heterocycles. The fraction of sp³-hybridized carbons (Fsp3) is 0.343. The summed E-state index contributed by atoms with van der Waals surface area (Å²) >= 11 is 0. The van der Waals surface area contributed by atoms with Gasteiger partial charge in [-0.05, 0) is 93.0 Å². The Kier molecular flexibility index (Phi) is 8.57. The van der Waals surface area contributed by atoms with Gasteiger partial charge in [-0.1, -0.05) is 18.9 Å². The topological polar surface area (TPSA) is 135 Å². The number of benzene rings is 1. The van der Waals surface area contributed by atoms with Crippen LogP contribution in [0.4, 0.5) is 10.2 Å². The van der Waals surface area contributed by atoms with E-state index < -0.39 is 17.3 Å². The monoisotopic (exact) mass is 625 g/mol. The Morgan fingerprint density at radius 3 is 2.54 bits per heavy atom. The lowest BCUT2D eigenvalue weighted by atomic mass is 9.75. The first kappa shape index (κ1) is 30.9. The van der Waals surface area contributed by atoms with Crippen LogP contribution in [0.3, 0.4) is 0 Å². The molecule has 6 rings (SSSR count). The first-order valence-electron chi connectivity index (χ1n) is 15.6. The maximum Gasteiger partial charge on any atom is 0.328 e. The SMILES string of the molecule is CCOc1nc(NC(=O)C2(NC(=O)c3ccc4c(C5CCCC5)c(-c5ccc(F)cn5)n(C)c4c3)CCC2)ccc1/C=C/C(=O)O. The lowest BCUT2D eigenvalue weighted by molar-refractivity contribution is -0.131. The summed E-state index contributed by atoms with van der Waals surface area (Å²) in [4.78, 5) is 47.0. The van der Waals surface area contributed by atoms with Crippen LogP contribution < -0.4 is 15.4 Å². The van der Waals surface area contributed by atoms with Gasteiger partial charge >= 0.3 is 5.97 Å². The van der Waals surface area contributed by atoms with Crippen LogP contribution in [0.5, 0.6) is 5.88 Å². The molecule has 0 saturated heterocycles. The molecular formula is C35H36FN5O5. The molecule has 0 unspecified atom stereocenters. The number of halogens is 1. The normalized spacial score (nSPS) is 16.0. The average Bonchev–Trinajstić information content (AvgIpc) is 3.65. The number of carboxylic acids is 1. The highest BCUT2D eigenvalue weighted by Gasteiger charge is 2.46. The summed E-state index contributed by atoms with van der Waals surface area (Å²) in [7, 11) is 1.94. The number of carbonyl (C=O) groups excluding carboxylic acids is 2. The predicted molar refractivity (Wildman–Crippen MR) is 172 cm³/mol. The second-order valence-corrected chi connectivity index (χ2v) is 11.9. The van der Waals surface area contributed by atoms with Crippen LogP contribution in [0.15, 0.2) is 54.7 Å². The quantitative estimate of drug-likeness (QED) is 0.178. The third-order valence-corrected chi connectivity index (χ3v) is 9.05. The minimum Gasteiger partial charge on any atom is -0.478 e. The maximum absolute atomic E-state index is 13.7. The van der Waals surface area contributed by atoms with Gasteiger partial charge in [-0.15, -0.1) is 0 Å². The van der Waals surface area contributed by atoms with Gasteiger partial charge in [-0.25, -0.2) is 9.18 Å². The van der Waals surface area contributed by atoms with Gasteiger partial charge in [0.25, 0.3) is 11.8 Å². The van der Waals surface area contributed by atoms with E-state index in [0.29, 0.717) is 42.2 Å². The highest BCUT2D eigenvalue weighted by atomic mass is 19.1. The summed E-state index contributed by atoms with van der Waals surface area (Å²) in [6.07, 6.45) is 9.74. The molecule has 2 saturated carbocycles. The number of hydrogen-bond acceptors (Lipinski definition) is 6. The number of carboxylic acid groups (broad SMARTS) is 1. The van der Waals surface area contributed by atoms with Crippen LogP contribution in [0.1, 0.15) is 79.3 Å². The Hall–Kier alpha value is -5.06. The summed E-state index contributed by atoms with van der Waals surface area (Å²) < 4.78 is 21.3. The zero-order chi connectivity index (χ0) is 32.4. The van der Waals surface area contributed by atoms with E-state index in [4.69, 9.17) is 9.84 Å². The molecule has 4 aromatic rings. The van der Waals surface area contributed by atoms with Crippen molar-refractivity contribution in [3.63, 3.8) is 0 Å². The molecule has 0 radical (unpaired) electrons. The van der Waals surface area contributed by atoms with Gasteiger partial charge < -0.3 is 25.0 Å². The van der Waals surface area contributed by atoms with E-state index in [-0.39, 0.29) is 23.5 Å². The molecule has 0 bridgehead atoms. The molecule has 3 heterocycles. The number of amides is 2. The number of fused-ring (bicyclic) bond motifs is 1. The van der Waals surface area contributed by atoms with Crippen molar-refractivity contribution in [2.75, 3.05) is 11.9 Å². The zero-order valence-corrected chi connectivity index (χ0v) is 25.8. The third kappa shape index (κ3) is 5.96. The van der Waals surface area contributed by atoms with Crippen molar-refractivity contribution in [2.24, 2.45) is 7.05 Å². The maximum atomic E-state index is 13.7. The van der Waals surface area contributed by atoms with Gasteiger partial charge in [0.05, 0.1) is 24.2 Å². The largest absolute Gasteiger partial charge is 0.478 e. The molecule has 3 N–H and O–H groups in total. The molecule has 2 fully saturated rings. The smallest absolute Gasteiger partial charge is 0.328 e. The van der Waals surface area contributed by atoms with Crippen LogP contribution >= 0.6 is 0 Å². The highest BCUT2D eigenvalue weighted by Crippen LogP contribution is 2.44. The molecule has 46 heavy (non-hydrogen) atoms. The van der Waals surface area contributed by atoms with Crippen LogP contribution in [0, 0.1) is 5.82 Å². The molecule has 238 valence electrons. The summed E-state index contributed by atoms with van der Waals surface area (Å²) in [5, 5.41) is 15.8. The van der Waals surface area contributed by atoms with E-state index in [1.807, 2.05) is 23.7 Å². The van der Waals surface area contributed by atoms with Crippen molar-refractivity contribution in [1.29, 1.82) is 0 Å². The van der Waals surface area contributed by atoms with E-state index >= 15 is 0 Å². The summed E-state index contributed by atoms with van der Waals surface area (Å²) in [5.74, 6) is -1.48. The second-order valence-electron chi connectivity index (χ2n) is 11.9. The number of ether oxygens (including phenoxy) is 1. The summed E-state index contributed by atoms with van der Waals surface area (Å²) in [6.45, 7) is 2.08.